The third-order valence-corrected chi connectivity index (χ3v) is 4.28. The van der Waals surface area contributed by atoms with Crippen molar-refractivity contribution >= 4 is 16.7 Å². The molecule has 0 aliphatic carbocycles. The third kappa shape index (κ3) is 2.90. The molecule has 0 bridgehead atoms. The van der Waals surface area contributed by atoms with Gasteiger partial charge in [-0.3, -0.25) is 14.5 Å². The average molecular weight is 299 g/mol. The van der Waals surface area contributed by atoms with Crippen molar-refractivity contribution in [1.82, 2.24) is 15.2 Å². The van der Waals surface area contributed by atoms with Crippen molar-refractivity contribution < 1.29 is 4.79 Å². The van der Waals surface area contributed by atoms with Crippen LogP contribution in [0.4, 0.5) is 0 Å². The quantitative estimate of drug-likeness (QED) is 0.907. The molecule has 1 amide bonds. The monoisotopic (exact) mass is 299 g/mol. The predicted molar refractivity (Wildman–Crippen MR) is 87.1 cm³/mol. The molecule has 1 aliphatic heterocycles. The molecule has 1 aromatic carbocycles. The van der Waals surface area contributed by atoms with Crippen LogP contribution in [-0.4, -0.2) is 41.0 Å². The predicted octanol–water partition coefficient (Wildman–Crippen LogP) is 1.74. The molecule has 116 valence electrons. The smallest absolute Gasteiger partial charge is 0.268 e. The number of carbonyl (C=O) groups excluding carboxylic acids is 1. The number of carbonyl (C=O) groups is 1. The first kappa shape index (κ1) is 14.8. The fourth-order valence-electron chi connectivity index (χ4n) is 2.97. The Morgan fingerprint density at radius 3 is 2.86 bits per heavy atom. The first-order valence-electron chi connectivity index (χ1n) is 7.71. The summed E-state index contributed by atoms with van der Waals surface area (Å²) in [6.07, 6.45) is 0.946. The van der Waals surface area contributed by atoms with Gasteiger partial charge in [0.05, 0.1) is 0 Å². The Bertz CT molecular complexity index is 751. The lowest BCUT2D eigenvalue weighted by atomic mass is 10.1. The van der Waals surface area contributed by atoms with Crippen LogP contribution in [0.2, 0.25) is 0 Å². The van der Waals surface area contributed by atoms with Gasteiger partial charge in [0.2, 0.25) is 0 Å². The van der Waals surface area contributed by atoms with Gasteiger partial charge in [-0.2, -0.15) is 0 Å². The van der Waals surface area contributed by atoms with Gasteiger partial charge in [0.25, 0.3) is 11.5 Å². The molecule has 0 spiro atoms. The van der Waals surface area contributed by atoms with Gasteiger partial charge in [-0.15, -0.1) is 0 Å². The maximum atomic E-state index is 12.4. The molecule has 1 aliphatic rings. The fraction of sp³-hybridized carbons (Fsp3) is 0.412. The molecular weight excluding hydrogens is 278 g/mol. The van der Waals surface area contributed by atoms with E-state index in [0.717, 1.165) is 24.9 Å². The minimum Gasteiger partial charge on any atom is -0.347 e. The second kappa shape index (κ2) is 5.93. The summed E-state index contributed by atoms with van der Waals surface area (Å²) < 4.78 is 0. The van der Waals surface area contributed by atoms with E-state index in [0.29, 0.717) is 17.1 Å². The van der Waals surface area contributed by atoms with E-state index in [1.807, 2.05) is 18.2 Å². The highest BCUT2D eigenvalue weighted by Gasteiger charge is 2.25. The number of aromatic nitrogens is 1. The van der Waals surface area contributed by atoms with Gasteiger partial charge >= 0.3 is 0 Å². The van der Waals surface area contributed by atoms with Crippen LogP contribution in [0.15, 0.2) is 35.1 Å². The van der Waals surface area contributed by atoms with E-state index < -0.39 is 0 Å². The lowest BCUT2D eigenvalue weighted by molar-refractivity contribution is 0.0931. The van der Waals surface area contributed by atoms with E-state index in [1.54, 1.807) is 12.1 Å². The molecule has 2 heterocycles. The van der Waals surface area contributed by atoms with Gasteiger partial charge in [0, 0.05) is 30.6 Å². The molecule has 0 saturated carbocycles. The standard InChI is InChI=1S/C17H21N3O2/c1-11(2)20-8-7-13(10-20)18-17(22)15-9-12-5-3-4-6-14(12)16(21)19-15/h3-6,9,11,13H,7-8,10H2,1-2H3,(H,18,22)(H,19,21)/t13-/m0/s1. The Morgan fingerprint density at radius 1 is 1.36 bits per heavy atom. The molecule has 0 unspecified atom stereocenters. The minimum atomic E-state index is -0.224. The van der Waals surface area contributed by atoms with Crippen LogP contribution in [0.3, 0.4) is 0 Å². The highest BCUT2D eigenvalue weighted by molar-refractivity contribution is 5.96. The summed E-state index contributed by atoms with van der Waals surface area (Å²) in [4.78, 5) is 29.4. The SMILES string of the molecule is CC(C)N1CC[C@H](NC(=O)c2cc3ccccc3c(=O)[nH]2)C1. The molecule has 1 fully saturated rings. The average Bonchev–Trinajstić information content (AvgIpc) is 2.96. The lowest BCUT2D eigenvalue weighted by Gasteiger charge is -2.20. The molecular formula is C17H21N3O2. The summed E-state index contributed by atoms with van der Waals surface area (Å²) in [5.74, 6) is -0.210. The zero-order valence-electron chi connectivity index (χ0n) is 12.9. The summed E-state index contributed by atoms with van der Waals surface area (Å²) in [5.41, 5.74) is 0.102. The number of H-pyrrole nitrogens is 1. The van der Waals surface area contributed by atoms with Crippen LogP contribution in [0.1, 0.15) is 30.8 Å². The van der Waals surface area contributed by atoms with E-state index in [9.17, 15) is 9.59 Å². The largest absolute Gasteiger partial charge is 0.347 e. The summed E-state index contributed by atoms with van der Waals surface area (Å²) >= 11 is 0. The van der Waals surface area contributed by atoms with Crippen LogP contribution < -0.4 is 10.9 Å². The molecule has 5 nitrogen and oxygen atoms in total. The van der Waals surface area contributed by atoms with Gasteiger partial charge in [0.15, 0.2) is 0 Å². The Kier molecular flexibility index (Phi) is 3.98. The summed E-state index contributed by atoms with van der Waals surface area (Å²) in [5, 5.41) is 4.41. The van der Waals surface area contributed by atoms with Crippen molar-refractivity contribution in [2.24, 2.45) is 0 Å². The van der Waals surface area contributed by atoms with Crippen LogP contribution >= 0.6 is 0 Å². The highest BCUT2D eigenvalue weighted by Crippen LogP contribution is 2.14. The number of nitrogens with zero attached hydrogens (tertiary/aromatic N) is 1. The molecule has 5 heteroatoms. The van der Waals surface area contributed by atoms with Crippen molar-refractivity contribution in [3.8, 4) is 0 Å². The first-order valence-corrected chi connectivity index (χ1v) is 7.71. The zero-order chi connectivity index (χ0) is 15.7. The van der Waals surface area contributed by atoms with Crippen LogP contribution in [0.5, 0.6) is 0 Å². The lowest BCUT2D eigenvalue weighted by Crippen LogP contribution is -2.39. The number of hydrogen-bond donors (Lipinski definition) is 2. The maximum absolute atomic E-state index is 12.4. The summed E-state index contributed by atoms with van der Waals surface area (Å²) in [6, 6.07) is 9.65. The Labute approximate surface area is 129 Å². The fourth-order valence-corrected chi connectivity index (χ4v) is 2.97. The molecule has 3 rings (SSSR count). The van der Waals surface area contributed by atoms with Gasteiger partial charge in [-0.25, -0.2) is 0 Å². The second-order valence-electron chi connectivity index (χ2n) is 6.15. The number of benzene rings is 1. The number of nitrogens with one attached hydrogen (secondary N) is 2. The molecule has 0 radical (unpaired) electrons. The van der Waals surface area contributed by atoms with Gasteiger partial charge < -0.3 is 10.3 Å². The number of pyridine rings is 1. The highest BCUT2D eigenvalue weighted by atomic mass is 16.2. The molecule has 1 atom stereocenters. The van der Waals surface area contributed by atoms with E-state index in [2.05, 4.69) is 29.0 Å². The van der Waals surface area contributed by atoms with E-state index in [-0.39, 0.29) is 17.5 Å². The van der Waals surface area contributed by atoms with E-state index in [4.69, 9.17) is 0 Å². The van der Waals surface area contributed by atoms with Gasteiger partial charge in [-0.1, -0.05) is 18.2 Å². The molecule has 2 aromatic rings. The summed E-state index contributed by atoms with van der Waals surface area (Å²) in [7, 11) is 0. The normalized spacial score (nSPS) is 19.0. The Hall–Kier alpha value is -2.14. The van der Waals surface area contributed by atoms with E-state index >= 15 is 0 Å². The number of likely N-dealkylation sites (tertiary alicyclic amines) is 1. The second-order valence-corrected chi connectivity index (χ2v) is 6.15. The number of aromatic amines is 1. The number of fused-ring (bicyclic) bond motifs is 1. The molecule has 1 saturated heterocycles. The maximum Gasteiger partial charge on any atom is 0.268 e. The summed E-state index contributed by atoms with van der Waals surface area (Å²) in [6.45, 7) is 6.17. The van der Waals surface area contributed by atoms with Crippen molar-refractivity contribution in [2.45, 2.75) is 32.4 Å². The van der Waals surface area contributed by atoms with Crippen LogP contribution in [0, 0.1) is 0 Å². The molecule has 1 aromatic heterocycles. The first-order chi connectivity index (χ1) is 10.5. The number of hydrogen-bond acceptors (Lipinski definition) is 3. The van der Waals surface area contributed by atoms with Crippen molar-refractivity contribution in [1.29, 1.82) is 0 Å². The van der Waals surface area contributed by atoms with E-state index in [1.165, 1.54) is 0 Å². The minimum absolute atomic E-state index is 0.143. The van der Waals surface area contributed by atoms with Crippen LogP contribution in [0.25, 0.3) is 10.8 Å². The number of amides is 1. The van der Waals surface area contributed by atoms with Crippen molar-refractivity contribution in [2.75, 3.05) is 13.1 Å². The molecule has 22 heavy (non-hydrogen) atoms. The van der Waals surface area contributed by atoms with Crippen molar-refractivity contribution in [3.63, 3.8) is 0 Å². The topological polar surface area (TPSA) is 65.2 Å². The zero-order valence-corrected chi connectivity index (χ0v) is 12.9. The number of rotatable bonds is 3. The third-order valence-electron chi connectivity index (χ3n) is 4.28. The Morgan fingerprint density at radius 2 is 2.14 bits per heavy atom. The Balaban J connectivity index is 1.77. The molecule has 2 N–H and O–H groups in total. The van der Waals surface area contributed by atoms with Gasteiger partial charge in [0.1, 0.15) is 5.69 Å². The van der Waals surface area contributed by atoms with Crippen LogP contribution in [-0.2, 0) is 0 Å². The van der Waals surface area contributed by atoms with Crippen molar-refractivity contribution in [3.05, 3.63) is 46.4 Å². The van der Waals surface area contributed by atoms with Gasteiger partial charge in [-0.05, 0) is 37.8 Å².